The molecule has 0 atom stereocenters. The van der Waals surface area contributed by atoms with Gasteiger partial charge in [-0.1, -0.05) is 15.9 Å². The Bertz CT molecular complexity index is 803. The fourth-order valence-electron chi connectivity index (χ4n) is 3.16. The van der Waals surface area contributed by atoms with E-state index < -0.39 is 0 Å². The first-order chi connectivity index (χ1) is 11.6. The van der Waals surface area contributed by atoms with Gasteiger partial charge in [-0.2, -0.15) is 0 Å². The smallest absolute Gasteiger partial charge is 0.261 e. The van der Waals surface area contributed by atoms with E-state index in [1.165, 1.54) is 10.9 Å². The van der Waals surface area contributed by atoms with Gasteiger partial charge in [-0.15, -0.1) is 12.4 Å². The lowest BCUT2D eigenvalue weighted by atomic mass is 9.97. The maximum absolute atomic E-state index is 12.6. The molecule has 0 unspecified atom stereocenters. The summed E-state index contributed by atoms with van der Waals surface area (Å²) in [4.78, 5) is 31.2. The molecule has 0 bridgehead atoms. The van der Waals surface area contributed by atoms with Crippen LogP contribution in [0, 0.1) is 5.92 Å². The predicted molar refractivity (Wildman–Crippen MR) is 104 cm³/mol. The maximum atomic E-state index is 12.6. The Kier molecular flexibility index (Phi) is 6.98. The summed E-state index contributed by atoms with van der Waals surface area (Å²) < 4.78 is 2.22. The summed E-state index contributed by atoms with van der Waals surface area (Å²) in [7, 11) is 1.95. The molecule has 1 aliphatic heterocycles. The molecule has 25 heavy (non-hydrogen) atoms. The summed E-state index contributed by atoms with van der Waals surface area (Å²) in [5, 5.41) is 3.71. The monoisotopic (exact) mass is 428 g/mol. The minimum Gasteiger partial charge on any atom is -0.341 e. The fourth-order valence-corrected chi connectivity index (χ4v) is 3.53. The van der Waals surface area contributed by atoms with E-state index in [-0.39, 0.29) is 30.4 Å². The van der Waals surface area contributed by atoms with Crippen molar-refractivity contribution in [1.29, 1.82) is 0 Å². The van der Waals surface area contributed by atoms with E-state index >= 15 is 0 Å². The van der Waals surface area contributed by atoms with Crippen molar-refractivity contribution < 1.29 is 4.79 Å². The lowest BCUT2D eigenvalue weighted by Crippen LogP contribution is -2.43. The molecule has 1 aromatic heterocycles. The number of halogens is 2. The molecule has 1 fully saturated rings. The Balaban J connectivity index is 0.00000225. The molecule has 0 spiro atoms. The second-order valence-electron chi connectivity index (χ2n) is 6.22. The third-order valence-electron chi connectivity index (χ3n) is 4.55. The van der Waals surface area contributed by atoms with Gasteiger partial charge < -0.3 is 10.2 Å². The highest BCUT2D eigenvalue weighted by Crippen LogP contribution is 2.17. The van der Waals surface area contributed by atoms with Crippen molar-refractivity contribution in [3.8, 4) is 0 Å². The van der Waals surface area contributed by atoms with Gasteiger partial charge in [0.2, 0.25) is 5.91 Å². The van der Waals surface area contributed by atoms with Gasteiger partial charge in [-0.3, -0.25) is 14.2 Å². The van der Waals surface area contributed by atoms with Gasteiger partial charge in [-0.25, -0.2) is 4.98 Å². The number of benzene rings is 1. The first kappa shape index (κ1) is 19.9. The van der Waals surface area contributed by atoms with E-state index in [2.05, 4.69) is 26.2 Å². The number of nitrogens with zero attached hydrogens (tertiary/aromatic N) is 3. The molecule has 1 aromatic carbocycles. The lowest BCUT2D eigenvalue weighted by Gasteiger charge is -2.32. The van der Waals surface area contributed by atoms with Crippen LogP contribution in [0.1, 0.15) is 12.8 Å². The Labute approximate surface area is 161 Å². The van der Waals surface area contributed by atoms with Crippen LogP contribution in [0.15, 0.2) is 33.8 Å². The summed E-state index contributed by atoms with van der Waals surface area (Å²) >= 11 is 3.37. The molecular weight excluding hydrogens is 408 g/mol. The predicted octanol–water partition coefficient (Wildman–Crippen LogP) is 2.04. The average Bonchev–Trinajstić information content (AvgIpc) is 2.59. The van der Waals surface area contributed by atoms with Crippen LogP contribution in [0.2, 0.25) is 0 Å². The van der Waals surface area contributed by atoms with Crippen LogP contribution in [0.3, 0.4) is 0 Å². The zero-order chi connectivity index (χ0) is 17.1. The van der Waals surface area contributed by atoms with Crippen LogP contribution in [-0.2, 0) is 11.3 Å². The zero-order valence-corrected chi connectivity index (χ0v) is 16.5. The summed E-state index contributed by atoms with van der Waals surface area (Å²) in [6.45, 7) is 2.55. The largest absolute Gasteiger partial charge is 0.341 e. The van der Waals surface area contributed by atoms with Crippen molar-refractivity contribution in [3.05, 3.63) is 39.4 Å². The number of nitrogens with one attached hydrogen (secondary N) is 1. The number of hydrogen-bond acceptors (Lipinski definition) is 4. The summed E-state index contributed by atoms with van der Waals surface area (Å²) in [5.74, 6) is 0.609. The number of amides is 1. The molecule has 0 aliphatic carbocycles. The SMILES string of the molecule is CNCC1CCN(C(=O)Cn2cnc3ccc(Br)cc3c2=O)CC1.Cl. The number of likely N-dealkylation sites (tertiary alicyclic amines) is 1. The summed E-state index contributed by atoms with van der Waals surface area (Å²) in [5.41, 5.74) is 0.458. The molecule has 1 saturated heterocycles. The number of aromatic nitrogens is 2. The van der Waals surface area contributed by atoms with E-state index in [4.69, 9.17) is 0 Å². The molecule has 1 aliphatic rings. The lowest BCUT2D eigenvalue weighted by molar-refractivity contribution is -0.133. The molecule has 8 heteroatoms. The van der Waals surface area contributed by atoms with Crippen LogP contribution in [-0.4, -0.2) is 47.0 Å². The van der Waals surface area contributed by atoms with Gasteiger partial charge in [-0.05, 0) is 50.6 Å². The highest BCUT2D eigenvalue weighted by atomic mass is 79.9. The number of carbonyl (C=O) groups excluding carboxylic acids is 1. The molecule has 0 radical (unpaired) electrons. The van der Waals surface area contributed by atoms with Crippen LogP contribution in [0.25, 0.3) is 10.9 Å². The van der Waals surface area contributed by atoms with Gasteiger partial charge in [0, 0.05) is 17.6 Å². The van der Waals surface area contributed by atoms with E-state index in [1.807, 2.05) is 18.0 Å². The quantitative estimate of drug-likeness (QED) is 0.808. The van der Waals surface area contributed by atoms with Gasteiger partial charge in [0.1, 0.15) is 6.54 Å². The van der Waals surface area contributed by atoms with E-state index in [0.717, 1.165) is 36.9 Å². The van der Waals surface area contributed by atoms with Crippen molar-refractivity contribution in [2.24, 2.45) is 5.92 Å². The molecule has 1 amide bonds. The normalized spacial score (nSPS) is 15.2. The van der Waals surface area contributed by atoms with Crippen LogP contribution in [0.5, 0.6) is 0 Å². The van der Waals surface area contributed by atoms with Gasteiger partial charge >= 0.3 is 0 Å². The Morgan fingerprint density at radius 2 is 2.08 bits per heavy atom. The first-order valence-corrected chi connectivity index (χ1v) is 8.95. The molecule has 1 N–H and O–H groups in total. The van der Waals surface area contributed by atoms with Gasteiger partial charge in [0.15, 0.2) is 0 Å². The highest BCUT2D eigenvalue weighted by Gasteiger charge is 2.22. The minimum absolute atomic E-state index is 0. The van der Waals surface area contributed by atoms with E-state index in [1.54, 1.807) is 12.1 Å². The Hall–Kier alpha value is -1.44. The second-order valence-corrected chi connectivity index (χ2v) is 7.14. The number of fused-ring (bicyclic) bond motifs is 1. The van der Waals surface area contributed by atoms with Crippen molar-refractivity contribution in [3.63, 3.8) is 0 Å². The molecule has 136 valence electrons. The maximum Gasteiger partial charge on any atom is 0.261 e. The Morgan fingerprint density at radius 3 is 2.76 bits per heavy atom. The summed E-state index contributed by atoms with van der Waals surface area (Å²) in [6, 6.07) is 5.38. The standard InChI is InChI=1S/C17H21BrN4O2.ClH/c1-19-9-12-4-6-21(7-5-12)16(23)10-22-11-20-15-3-2-13(18)8-14(15)17(22)24;/h2-3,8,11-12,19H,4-7,9-10H2,1H3;1H. The van der Waals surface area contributed by atoms with E-state index in [0.29, 0.717) is 16.8 Å². The topological polar surface area (TPSA) is 67.2 Å². The molecule has 6 nitrogen and oxygen atoms in total. The van der Waals surface area contributed by atoms with Crippen molar-refractivity contribution in [2.45, 2.75) is 19.4 Å². The van der Waals surface area contributed by atoms with Crippen LogP contribution >= 0.6 is 28.3 Å². The molecule has 2 aromatic rings. The van der Waals surface area contributed by atoms with Gasteiger partial charge in [0.05, 0.1) is 17.2 Å². The number of piperidine rings is 1. The fraction of sp³-hybridized carbons (Fsp3) is 0.471. The Morgan fingerprint density at radius 1 is 1.36 bits per heavy atom. The first-order valence-electron chi connectivity index (χ1n) is 8.15. The third-order valence-corrected chi connectivity index (χ3v) is 5.04. The molecular formula is C17H22BrClN4O2. The van der Waals surface area contributed by atoms with Crippen molar-refractivity contribution >= 4 is 45.1 Å². The molecule has 2 heterocycles. The molecule has 0 saturated carbocycles. The third kappa shape index (κ3) is 4.59. The van der Waals surface area contributed by atoms with Crippen molar-refractivity contribution in [2.75, 3.05) is 26.7 Å². The number of rotatable bonds is 4. The average molecular weight is 430 g/mol. The van der Waals surface area contributed by atoms with Crippen LogP contribution < -0.4 is 10.9 Å². The number of carbonyl (C=O) groups is 1. The zero-order valence-electron chi connectivity index (χ0n) is 14.1. The van der Waals surface area contributed by atoms with E-state index in [9.17, 15) is 9.59 Å². The van der Waals surface area contributed by atoms with Crippen molar-refractivity contribution in [1.82, 2.24) is 19.8 Å². The van der Waals surface area contributed by atoms with Gasteiger partial charge in [0.25, 0.3) is 5.56 Å². The summed E-state index contributed by atoms with van der Waals surface area (Å²) in [6.07, 6.45) is 3.47. The minimum atomic E-state index is -0.181. The number of hydrogen-bond donors (Lipinski definition) is 1. The highest BCUT2D eigenvalue weighted by molar-refractivity contribution is 9.10. The second kappa shape index (κ2) is 8.78. The molecule has 3 rings (SSSR count). The van der Waals surface area contributed by atoms with Crippen LogP contribution in [0.4, 0.5) is 0 Å².